The number of carbonyl (C=O) groups excluding carboxylic acids is 1. The highest BCUT2D eigenvalue weighted by atomic mass is 35.7. The number of halogens is 1. The Morgan fingerprint density at radius 3 is 2.58 bits per heavy atom. The Hall–Kier alpha value is -1.07. The molecule has 0 N–H and O–H groups in total. The fourth-order valence-corrected chi connectivity index (χ4v) is 2.69. The van der Waals surface area contributed by atoms with E-state index < -0.39 is 15.0 Å². The predicted molar refractivity (Wildman–Crippen MR) is 71.9 cm³/mol. The molecule has 1 aliphatic rings. The summed E-state index contributed by atoms with van der Waals surface area (Å²) in [5.41, 5.74) is 1.05. The second-order valence-electron chi connectivity index (χ2n) is 4.57. The van der Waals surface area contributed by atoms with Crippen molar-refractivity contribution in [3.63, 3.8) is 0 Å². The first kappa shape index (κ1) is 14.3. The van der Waals surface area contributed by atoms with Crippen LogP contribution in [0.4, 0.5) is 0 Å². The van der Waals surface area contributed by atoms with E-state index in [0.717, 1.165) is 24.8 Å². The Labute approximate surface area is 117 Å². The van der Waals surface area contributed by atoms with E-state index in [2.05, 4.69) is 0 Å². The number of esters is 1. The molecule has 0 amide bonds. The third-order valence-corrected chi connectivity index (χ3v) is 4.64. The molecule has 0 saturated heterocycles. The summed E-state index contributed by atoms with van der Waals surface area (Å²) in [6.45, 7) is 1.89. The monoisotopic (exact) mass is 302 g/mol. The largest absolute Gasteiger partial charge is 0.459 e. The molecule has 0 aromatic heterocycles. The van der Waals surface area contributed by atoms with Gasteiger partial charge in [-0.2, -0.15) is 0 Å². The summed E-state index contributed by atoms with van der Waals surface area (Å²) in [5, 5.41) is 0. The molecule has 1 fully saturated rings. The highest BCUT2D eigenvalue weighted by Crippen LogP contribution is 2.25. The van der Waals surface area contributed by atoms with Crippen LogP contribution in [-0.2, 0) is 20.2 Å². The highest BCUT2D eigenvalue weighted by Gasteiger charge is 2.24. The summed E-state index contributed by atoms with van der Waals surface area (Å²) in [5.74, 6) is -0.469. The van der Waals surface area contributed by atoms with Crippen molar-refractivity contribution in [2.45, 2.75) is 43.6 Å². The van der Waals surface area contributed by atoms with Crippen LogP contribution in [0.25, 0.3) is 0 Å². The van der Waals surface area contributed by atoms with Gasteiger partial charge in [-0.05, 0) is 43.4 Å². The van der Waals surface area contributed by atoms with Gasteiger partial charge in [0.15, 0.2) is 0 Å². The van der Waals surface area contributed by atoms with Crippen molar-refractivity contribution in [1.82, 2.24) is 0 Å². The van der Waals surface area contributed by atoms with Crippen molar-refractivity contribution in [3.8, 4) is 0 Å². The lowest BCUT2D eigenvalue weighted by molar-refractivity contribution is 0.00887. The van der Waals surface area contributed by atoms with Crippen LogP contribution in [0.5, 0.6) is 0 Å². The molecule has 19 heavy (non-hydrogen) atoms. The minimum absolute atomic E-state index is 0.0338. The van der Waals surface area contributed by atoms with E-state index in [1.165, 1.54) is 12.1 Å². The molecule has 0 unspecified atom stereocenters. The molecule has 0 aliphatic heterocycles. The number of hydrogen-bond donors (Lipinski definition) is 0. The van der Waals surface area contributed by atoms with Crippen LogP contribution in [-0.4, -0.2) is 20.5 Å². The van der Waals surface area contributed by atoms with Gasteiger partial charge in [0.25, 0.3) is 9.05 Å². The summed E-state index contributed by atoms with van der Waals surface area (Å²) in [6.07, 6.45) is 3.40. The van der Waals surface area contributed by atoms with Gasteiger partial charge in [0.2, 0.25) is 0 Å². The Kier molecular flexibility index (Phi) is 4.16. The van der Waals surface area contributed by atoms with Gasteiger partial charge in [0.05, 0.1) is 10.5 Å². The molecule has 2 rings (SSSR count). The van der Waals surface area contributed by atoms with Crippen LogP contribution in [0.2, 0.25) is 0 Å². The van der Waals surface area contributed by atoms with Gasteiger partial charge >= 0.3 is 5.97 Å². The summed E-state index contributed by atoms with van der Waals surface area (Å²) >= 11 is 0. The average molecular weight is 303 g/mol. The van der Waals surface area contributed by atoms with Crippen molar-refractivity contribution in [1.29, 1.82) is 0 Å². The van der Waals surface area contributed by atoms with Crippen LogP contribution in [0.1, 0.15) is 42.1 Å². The van der Waals surface area contributed by atoms with Gasteiger partial charge < -0.3 is 4.74 Å². The summed E-state index contributed by atoms with van der Waals surface area (Å²) in [4.78, 5) is 12.0. The third kappa shape index (κ3) is 3.28. The standard InChI is InChI=1S/C13H15ClO4S/c1-2-9-6-7-11(19(14,16)17)8-12(9)13(15)18-10-4-3-5-10/h6-8,10H,2-5H2,1H3. The second kappa shape index (κ2) is 5.51. The predicted octanol–water partition coefficient (Wildman–Crippen LogP) is 2.89. The maximum atomic E-state index is 12.0. The van der Waals surface area contributed by atoms with Gasteiger partial charge in [-0.3, -0.25) is 0 Å². The first-order valence-electron chi connectivity index (χ1n) is 6.20. The van der Waals surface area contributed by atoms with Crippen LogP contribution < -0.4 is 0 Å². The normalized spacial score (nSPS) is 15.9. The Balaban J connectivity index is 2.32. The average Bonchev–Trinajstić information content (AvgIpc) is 2.31. The van der Waals surface area contributed by atoms with E-state index in [9.17, 15) is 13.2 Å². The van der Waals surface area contributed by atoms with Crippen molar-refractivity contribution >= 4 is 25.7 Å². The van der Waals surface area contributed by atoms with Crippen molar-refractivity contribution < 1.29 is 17.9 Å². The SMILES string of the molecule is CCc1ccc(S(=O)(=O)Cl)cc1C(=O)OC1CCC1. The molecule has 1 aromatic rings. The van der Waals surface area contributed by atoms with E-state index in [4.69, 9.17) is 15.4 Å². The molecule has 0 bridgehead atoms. The number of rotatable bonds is 4. The first-order chi connectivity index (χ1) is 8.91. The Morgan fingerprint density at radius 1 is 1.42 bits per heavy atom. The lowest BCUT2D eigenvalue weighted by Gasteiger charge is -2.25. The van der Waals surface area contributed by atoms with Gasteiger partial charge in [-0.1, -0.05) is 13.0 Å². The molecule has 0 spiro atoms. The number of aryl methyl sites for hydroxylation is 1. The topological polar surface area (TPSA) is 60.4 Å². The molecule has 104 valence electrons. The number of benzene rings is 1. The lowest BCUT2D eigenvalue weighted by atomic mass is 9.96. The smallest absolute Gasteiger partial charge is 0.338 e. The molecular weight excluding hydrogens is 288 g/mol. The van der Waals surface area contributed by atoms with E-state index in [1.807, 2.05) is 6.92 Å². The molecule has 0 heterocycles. The summed E-state index contributed by atoms with van der Waals surface area (Å²) < 4.78 is 27.9. The fourth-order valence-electron chi connectivity index (χ4n) is 1.91. The summed E-state index contributed by atoms with van der Waals surface area (Å²) in [7, 11) is 1.46. The molecule has 4 nitrogen and oxygen atoms in total. The zero-order chi connectivity index (χ0) is 14.0. The highest BCUT2D eigenvalue weighted by molar-refractivity contribution is 8.13. The van der Waals surface area contributed by atoms with Gasteiger partial charge in [-0.15, -0.1) is 0 Å². The minimum Gasteiger partial charge on any atom is -0.459 e. The molecule has 0 radical (unpaired) electrons. The molecule has 1 aromatic carbocycles. The maximum Gasteiger partial charge on any atom is 0.338 e. The quantitative estimate of drug-likeness (QED) is 0.634. The maximum absolute atomic E-state index is 12.0. The number of carbonyl (C=O) groups is 1. The zero-order valence-corrected chi connectivity index (χ0v) is 12.1. The molecular formula is C13H15ClO4S. The fraction of sp³-hybridized carbons (Fsp3) is 0.462. The Morgan fingerprint density at radius 2 is 2.11 bits per heavy atom. The Bertz CT molecular complexity index is 591. The number of hydrogen-bond acceptors (Lipinski definition) is 4. The van der Waals surface area contributed by atoms with E-state index in [1.54, 1.807) is 6.07 Å². The molecule has 1 aliphatic carbocycles. The van der Waals surface area contributed by atoms with Crippen LogP contribution >= 0.6 is 10.7 Å². The molecule has 1 saturated carbocycles. The van der Waals surface area contributed by atoms with E-state index >= 15 is 0 Å². The molecule has 6 heteroatoms. The second-order valence-corrected chi connectivity index (χ2v) is 7.13. The van der Waals surface area contributed by atoms with Gasteiger partial charge in [0, 0.05) is 10.7 Å². The van der Waals surface area contributed by atoms with Crippen molar-refractivity contribution in [3.05, 3.63) is 29.3 Å². The van der Waals surface area contributed by atoms with Crippen molar-refractivity contribution in [2.24, 2.45) is 0 Å². The first-order valence-corrected chi connectivity index (χ1v) is 8.51. The van der Waals surface area contributed by atoms with Gasteiger partial charge in [0.1, 0.15) is 6.10 Å². The number of ether oxygens (including phenoxy) is 1. The van der Waals surface area contributed by atoms with Crippen molar-refractivity contribution in [2.75, 3.05) is 0 Å². The third-order valence-electron chi connectivity index (χ3n) is 3.29. The minimum atomic E-state index is -3.84. The lowest BCUT2D eigenvalue weighted by Crippen LogP contribution is -2.25. The van der Waals surface area contributed by atoms with Crippen LogP contribution in [0.3, 0.4) is 0 Å². The van der Waals surface area contributed by atoms with Crippen LogP contribution in [0, 0.1) is 0 Å². The molecule has 0 atom stereocenters. The van der Waals surface area contributed by atoms with Crippen LogP contribution in [0.15, 0.2) is 23.1 Å². The summed E-state index contributed by atoms with van der Waals surface area (Å²) in [6, 6.07) is 4.30. The van der Waals surface area contributed by atoms with Gasteiger partial charge in [-0.25, -0.2) is 13.2 Å². The van der Waals surface area contributed by atoms with E-state index in [-0.39, 0.29) is 16.6 Å². The zero-order valence-electron chi connectivity index (χ0n) is 10.6. The van der Waals surface area contributed by atoms with E-state index in [0.29, 0.717) is 6.42 Å².